The van der Waals surface area contributed by atoms with Crippen molar-refractivity contribution in [1.82, 2.24) is 4.98 Å². The largest absolute Gasteiger partial charge is 0.478 e. The molecule has 0 radical (unpaired) electrons. The highest BCUT2D eigenvalue weighted by molar-refractivity contribution is 5.91. The van der Waals surface area contributed by atoms with E-state index in [4.69, 9.17) is 10.8 Å². The molecule has 21 heavy (non-hydrogen) atoms. The fourth-order valence-corrected chi connectivity index (χ4v) is 2.10. The highest BCUT2D eigenvalue weighted by Gasteiger charge is 2.07. The van der Waals surface area contributed by atoms with E-state index in [1.165, 1.54) is 12.1 Å². The number of aromatic carboxylic acids is 1. The van der Waals surface area contributed by atoms with E-state index in [9.17, 15) is 4.79 Å². The minimum Gasteiger partial charge on any atom is -0.478 e. The van der Waals surface area contributed by atoms with Crippen molar-refractivity contribution in [2.24, 2.45) is 0 Å². The van der Waals surface area contributed by atoms with Crippen LogP contribution >= 0.6 is 0 Å². The van der Waals surface area contributed by atoms with Crippen LogP contribution in [0.1, 0.15) is 10.4 Å². The number of nitrogen functional groups attached to an aromatic ring is 1. The first kappa shape index (κ1) is 12.9. The SMILES string of the molecule is Nc1cc(C(=O)O)ccc1Nc1cnc2ccccc2c1. The van der Waals surface area contributed by atoms with Crippen LogP contribution in [-0.2, 0) is 0 Å². The van der Waals surface area contributed by atoms with Crippen LogP contribution in [0.4, 0.5) is 17.1 Å². The van der Waals surface area contributed by atoms with E-state index in [0.717, 1.165) is 16.6 Å². The number of hydrogen-bond acceptors (Lipinski definition) is 4. The molecule has 4 N–H and O–H groups in total. The van der Waals surface area contributed by atoms with Gasteiger partial charge in [-0.15, -0.1) is 0 Å². The molecule has 3 aromatic rings. The molecule has 0 saturated heterocycles. The van der Waals surface area contributed by atoms with Crippen LogP contribution < -0.4 is 11.1 Å². The maximum absolute atomic E-state index is 10.9. The molecule has 0 spiro atoms. The number of aromatic nitrogens is 1. The van der Waals surface area contributed by atoms with E-state index in [1.807, 2.05) is 30.3 Å². The first-order chi connectivity index (χ1) is 10.1. The third-order valence-corrected chi connectivity index (χ3v) is 3.17. The Labute approximate surface area is 121 Å². The van der Waals surface area contributed by atoms with Gasteiger partial charge < -0.3 is 16.2 Å². The van der Waals surface area contributed by atoms with Crippen LogP contribution in [0.15, 0.2) is 54.7 Å². The van der Waals surface area contributed by atoms with Crippen LogP contribution in [0.2, 0.25) is 0 Å². The van der Waals surface area contributed by atoms with Crippen molar-refractivity contribution in [2.75, 3.05) is 11.1 Å². The minimum atomic E-state index is -0.999. The van der Waals surface area contributed by atoms with Crippen molar-refractivity contribution in [3.63, 3.8) is 0 Å². The molecule has 0 aliphatic heterocycles. The lowest BCUT2D eigenvalue weighted by atomic mass is 10.1. The average Bonchev–Trinajstić information content (AvgIpc) is 2.49. The second-order valence-corrected chi connectivity index (χ2v) is 4.65. The fraction of sp³-hybridized carbons (Fsp3) is 0. The van der Waals surface area contributed by atoms with Crippen LogP contribution in [0.25, 0.3) is 10.9 Å². The van der Waals surface area contributed by atoms with Gasteiger partial charge in [0.1, 0.15) is 0 Å². The van der Waals surface area contributed by atoms with Gasteiger partial charge >= 0.3 is 5.97 Å². The predicted molar refractivity (Wildman–Crippen MR) is 82.8 cm³/mol. The molecule has 2 aromatic carbocycles. The maximum atomic E-state index is 10.9. The monoisotopic (exact) mass is 279 g/mol. The lowest BCUT2D eigenvalue weighted by Gasteiger charge is -2.10. The predicted octanol–water partition coefficient (Wildman–Crippen LogP) is 3.26. The van der Waals surface area contributed by atoms with Gasteiger partial charge in [-0.3, -0.25) is 4.98 Å². The standard InChI is InChI=1S/C16H13N3O2/c17-13-8-11(16(20)21)5-6-15(13)19-12-7-10-3-1-2-4-14(10)18-9-12/h1-9,19H,17H2,(H,20,21). The van der Waals surface area contributed by atoms with Gasteiger partial charge in [0.25, 0.3) is 0 Å². The molecule has 0 bridgehead atoms. The number of fused-ring (bicyclic) bond motifs is 1. The molecule has 3 rings (SSSR count). The molecule has 0 aliphatic rings. The number of carboxylic acids is 1. The average molecular weight is 279 g/mol. The number of nitrogens with zero attached hydrogens (tertiary/aromatic N) is 1. The number of nitrogens with one attached hydrogen (secondary N) is 1. The zero-order valence-electron chi connectivity index (χ0n) is 11.1. The molecule has 104 valence electrons. The number of anilines is 3. The fourth-order valence-electron chi connectivity index (χ4n) is 2.10. The quantitative estimate of drug-likeness (QED) is 0.640. The van der Waals surface area contributed by atoms with Crippen LogP contribution in [-0.4, -0.2) is 16.1 Å². The van der Waals surface area contributed by atoms with Crippen molar-refractivity contribution in [3.8, 4) is 0 Å². The number of carbonyl (C=O) groups is 1. The van der Waals surface area contributed by atoms with Crippen molar-refractivity contribution >= 4 is 33.9 Å². The molecule has 0 amide bonds. The Balaban J connectivity index is 1.93. The van der Waals surface area contributed by atoms with Gasteiger partial charge in [0, 0.05) is 5.39 Å². The number of nitrogens with two attached hydrogens (primary N) is 1. The molecule has 1 heterocycles. The Morgan fingerprint density at radius 3 is 2.71 bits per heavy atom. The summed E-state index contributed by atoms with van der Waals surface area (Å²) in [5.74, 6) is -0.999. The minimum absolute atomic E-state index is 0.162. The van der Waals surface area contributed by atoms with Crippen molar-refractivity contribution in [2.45, 2.75) is 0 Å². The molecular weight excluding hydrogens is 266 g/mol. The number of pyridine rings is 1. The van der Waals surface area contributed by atoms with Gasteiger partial charge in [-0.1, -0.05) is 18.2 Å². The van der Waals surface area contributed by atoms with Gasteiger partial charge in [0.05, 0.1) is 34.3 Å². The van der Waals surface area contributed by atoms with Gasteiger partial charge in [0.15, 0.2) is 0 Å². The summed E-state index contributed by atoms with van der Waals surface area (Å²) in [5.41, 5.74) is 8.77. The number of carboxylic acid groups (broad SMARTS) is 1. The second-order valence-electron chi connectivity index (χ2n) is 4.65. The zero-order valence-corrected chi connectivity index (χ0v) is 11.1. The summed E-state index contributed by atoms with van der Waals surface area (Å²) in [7, 11) is 0. The maximum Gasteiger partial charge on any atom is 0.335 e. The van der Waals surface area contributed by atoms with E-state index in [0.29, 0.717) is 11.4 Å². The molecule has 0 saturated carbocycles. The Morgan fingerprint density at radius 1 is 1.14 bits per heavy atom. The lowest BCUT2D eigenvalue weighted by molar-refractivity contribution is 0.0697. The van der Waals surface area contributed by atoms with E-state index in [2.05, 4.69) is 10.3 Å². The smallest absolute Gasteiger partial charge is 0.335 e. The Morgan fingerprint density at radius 2 is 1.95 bits per heavy atom. The highest BCUT2D eigenvalue weighted by Crippen LogP contribution is 2.25. The van der Waals surface area contributed by atoms with Crippen LogP contribution in [0, 0.1) is 0 Å². The van der Waals surface area contributed by atoms with Crippen molar-refractivity contribution in [3.05, 3.63) is 60.3 Å². The third-order valence-electron chi connectivity index (χ3n) is 3.17. The van der Waals surface area contributed by atoms with E-state index < -0.39 is 5.97 Å². The number of para-hydroxylation sites is 1. The lowest BCUT2D eigenvalue weighted by Crippen LogP contribution is -2.01. The van der Waals surface area contributed by atoms with Crippen LogP contribution in [0.3, 0.4) is 0 Å². The molecule has 5 nitrogen and oxygen atoms in total. The zero-order chi connectivity index (χ0) is 14.8. The van der Waals surface area contributed by atoms with Crippen molar-refractivity contribution < 1.29 is 9.90 Å². The highest BCUT2D eigenvalue weighted by atomic mass is 16.4. The molecular formula is C16H13N3O2. The van der Waals surface area contributed by atoms with Gasteiger partial charge in [-0.2, -0.15) is 0 Å². The Hall–Kier alpha value is -3.08. The summed E-state index contributed by atoms with van der Waals surface area (Å²) in [6, 6.07) is 14.4. The summed E-state index contributed by atoms with van der Waals surface area (Å²) < 4.78 is 0. The van der Waals surface area contributed by atoms with Crippen molar-refractivity contribution in [1.29, 1.82) is 0 Å². The molecule has 0 unspecified atom stereocenters. The van der Waals surface area contributed by atoms with Crippen LogP contribution in [0.5, 0.6) is 0 Å². The summed E-state index contributed by atoms with van der Waals surface area (Å²) in [6.45, 7) is 0. The van der Waals surface area contributed by atoms with Gasteiger partial charge in [-0.25, -0.2) is 4.79 Å². The Kier molecular flexibility index (Phi) is 3.16. The Bertz CT molecular complexity index is 831. The number of rotatable bonds is 3. The van der Waals surface area contributed by atoms with Gasteiger partial charge in [-0.05, 0) is 30.3 Å². The molecule has 0 aliphatic carbocycles. The number of hydrogen-bond donors (Lipinski definition) is 3. The van der Waals surface area contributed by atoms with E-state index >= 15 is 0 Å². The van der Waals surface area contributed by atoms with E-state index in [1.54, 1.807) is 12.3 Å². The summed E-state index contributed by atoms with van der Waals surface area (Å²) in [6.07, 6.45) is 1.72. The number of benzene rings is 2. The summed E-state index contributed by atoms with van der Waals surface area (Å²) >= 11 is 0. The summed E-state index contributed by atoms with van der Waals surface area (Å²) in [5, 5.41) is 13.1. The first-order valence-electron chi connectivity index (χ1n) is 6.38. The summed E-state index contributed by atoms with van der Waals surface area (Å²) in [4.78, 5) is 15.2. The van der Waals surface area contributed by atoms with Gasteiger partial charge in [0.2, 0.25) is 0 Å². The third kappa shape index (κ3) is 2.62. The molecule has 0 atom stereocenters. The normalized spacial score (nSPS) is 10.5. The molecule has 1 aromatic heterocycles. The molecule has 0 fully saturated rings. The first-order valence-corrected chi connectivity index (χ1v) is 6.38. The second kappa shape index (κ2) is 5.13. The molecule has 5 heteroatoms. The van der Waals surface area contributed by atoms with E-state index in [-0.39, 0.29) is 5.56 Å². The topological polar surface area (TPSA) is 88.2 Å².